The number of amides is 2. The van der Waals surface area contributed by atoms with Gasteiger partial charge in [0.2, 0.25) is 10.0 Å². The van der Waals surface area contributed by atoms with Crippen LogP contribution in [0.1, 0.15) is 30.6 Å². The molecule has 0 bridgehead atoms. The molecule has 0 aliphatic carbocycles. The molecule has 1 saturated heterocycles. The first-order valence-corrected chi connectivity index (χ1v) is 10.2. The fourth-order valence-electron chi connectivity index (χ4n) is 2.66. The van der Waals surface area contributed by atoms with E-state index in [1.807, 2.05) is 22.4 Å². The van der Waals surface area contributed by atoms with Crippen molar-refractivity contribution in [1.29, 1.82) is 0 Å². The molecule has 0 aromatic carbocycles. The van der Waals surface area contributed by atoms with Crippen LogP contribution in [0.15, 0.2) is 17.5 Å². The van der Waals surface area contributed by atoms with E-state index >= 15 is 0 Å². The Labute approximate surface area is 135 Å². The van der Waals surface area contributed by atoms with Crippen LogP contribution < -0.4 is 10.0 Å². The van der Waals surface area contributed by atoms with E-state index in [4.69, 9.17) is 0 Å². The van der Waals surface area contributed by atoms with Crippen molar-refractivity contribution in [2.45, 2.75) is 38.3 Å². The molecular formula is C14H23N3O3S2. The number of carbonyl (C=O) groups is 1. The Morgan fingerprint density at radius 3 is 2.95 bits per heavy atom. The van der Waals surface area contributed by atoms with Crippen molar-refractivity contribution in [3.63, 3.8) is 0 Å². The highest BCUT2D eigenvalue weighted by Gasteiger charge is 2.26. The van der Waals surface area contributed by atoms with Crippen LogP contribution in [0.2, 0.25) is 0 Å². The molecule has 1 aromatic heterocycles. The minimum absolute atomic E-state index is 0.0579. The van der Waals surface area contributed by atoms with Crippen LogP contribution >= 0.6 is 11.3 Å². The largest absolute Gasteiger partial charge is 0.333 e. The molecule has 0 radical (unpaired) electrons. The topological polar surface area (TPSA) is 78.5 Å². The summed E-state index contributed by atoms with van der Waals surface area (Å²) in [5, 5.41) is 4.94. The van der Waals surface area contributed by atoms with Gasteiger partial charge in [0.25, 0.3) is 0 Å². The normalized spacial score (nSPS) is 19.1. The number of sulfonamides is 1. The number of thiophene rings is 1. The third kappa shape index (κ3) is 5.58. The predicted molar refractivity (Wildman–Crippen MR) is 88.4 cm³/mol. The van der Waals surface area contributed by atoms with Crippen LogP contribution in [0.25, 0.3) is 0 Å². The highest BCUT2D eigenvalue weighted by molar-refractivity contribution is 7.88. The number of hydrogen-bond donors (Lipinski definition) is 2. The van der Waals surface area contributed by atoms with Crippen LogP contribution in [0.5, 0.6) is 0 Å². The molecule has 8 heteroatoms. The number of nitrogens with one attached hydrogen (secondary N) is 2. The number of urea groups is 1. The van der Waals surface area contributed by atoms with Crippen molar-refractivity contribution >= 4 is 27.4 Å². The van der Waals surface area contributed by atoms with Crippen molar-refractivity contribution in [2.75, 3.05) is 19.3 Å². The van der Waals surface area contributed by atoms with Gasteiger partial charge in [-0.05, 0) is 37.1 Å². The summed E-state index contributed by atoms with van der Waals surface area (Å²) in [6, 6.07) is 4.00. The SMILES string of the molecule is CS(=O)(=O)NCCC1CCCCN1C(=O)NCc1cccs1. The van der Waals surface area contributed by atoms with Gasteiger partial charge >= 0.3 is 6.03 Å². The Morgan fingerprint density at radius 2 is 2.27 bits per heavy atom. The molecule has 1 aromatic rings. The van der Waals surface area contributed by atoms with Crippen LogP contribution in [-0.4, -0.2) is 44.7 Å². The first-order valence-electron chi connectivity index (χ1n) is 7.47. The van der Waals surface area contributed by atoms with Crippen molar-refractivity contribution in [1.82, 2.24) is 14.9 Å². The molecule has 2 N–H and O–H groups in total. The average Bonchev–Trinajstić information content (AvgIpc) is 2.97. The summed E-state index contributed by atoms with van der Waals surface area (Å²) in [4.78, 5) is 15.3. The van der Waals surface area contributed by atoms with Crippen LogP contribution in [0.3, 0.4) is 0 Å². The smallest absolute Gasteiger partial charge is 0.317 e. The molecule has 2 rings (SSSR count). The minimum Gasteiger partial charge on any atom is -0.333 e. The van der Waals surface area contributed by atoms with Crippen molar-refractivity contribution in [3.8, 4) is 0 Å². The number of rotatable bonds is 6. The first-order chi connectivity index (χ1) is 10.5. The molecule has 2 amide bonds. The molecule has 0 saturated carbocycles. The van der Waals surface area contributed by atoms with E-state index in [0.717, 1.165) is 36.9 Å². The molecule has 1 atom stereocenters. The molecule has 6 nitrogen and oxygen atoms in total. The van der Waals surface area contributed by atoms with Gasteiger partial charge in [0.1, 0.15) is 0 Å². The fourth-order valence-corrected chi connectivity index (χ4v) is 3.79. The van der Waals surface area contributed by atoms with Crippen molar-refractivity contribution in [2.24, 2.45) is 0 Å². The zero-order valence-electron chi connectivity index (χ0n) is 12.7. The summed E-state index contributed by atoms with van der Waals surface area (Å²) in [6.07, 6.45) is 4.82. The maximum Gasteiger partial charge on any atom is 0.317 e. The molecule has 22 heavy (non-hydrogen) atoms. The highest BCUT2D eigenvalue weighted by atomic mass is 32.2. The summed E-state index contributed by atoms with van der Waals surface area (Å²) < 4.78 is 24.7. The average molecular weight is 345 g/mol. The van der Waals surface area contributed by atoms with E-state index in [9.17, 15) is 13.2 Å². The Kier molecular flexibility index (Phi) is 6.22. The second kappa shape index (κ2) is 7.94. The lowest BCUT2D eigenvalue weighted by molar-refractivity contribution is 0.147. The lowest BCUT2D eigenvalue weighted by Crippen LogP contribution is -2.49. The summed E-state index contributed by atoms with van der Waals surface area (Å²) in [7, 11) is -3.17. The quantitative estimate of drug-likeness (QED) is 0.824. The predicted octanol–water partition coefficient (Wildman–Crippen LogP) is 1.75. The Morgan fingerprint density at radius 1 is 1.45 bits per heavy atom. The number of hydrogen-bond acceptors (Lipinski definition) is 4. The second-order valence-electron chi connectivity index (χ2n) is 5.54. The van der Waals surface area contributed by atoms with Crippen LogP contribution in [0, 0.1) is 0 Å². The monoisotopic (exact) mass is 345 g/mol. The molecule has 1 aliphatic rings. The zero-order chi connectivity index (χ0) is 16.0. The van der Waals surface area contributed by atoms with Gasteiger partial charge in [-0.1, -0.05) is 6.07 Å². The fraction of sp³-hybridized carbons (Fsp3) is 0.643. The Balaban J connectivity index is 1.84. The standard InChI is InChI=1S/C14H23N3O3S2/c1-22(19,20)16-8-7-12-5-2-3-9-17(12)14(18)15-11-13-6-4-10-21-13/h4,6,10,12,16H,2-3,5,7-9,11H2,1H3,(H,15,18). The lowest BCUT2D eigenvalue weighted by atomic mass is 10.00. The molecule has 124 valence electrons. The molecule has 2 heterocycles. The summed E-state index contributed by atoms with van der Waals surface area (Å²) in [5.41, 5.74) is 0. The number of likely N-dealkylation sites (tertiary alicyclic amines) is 1. The van der Waals surface area contributed by atoms with Crippen LogP contribution in [-0.2, 0) is 16.6 Å². The maximum atomic E-state index is 12.3. The van der Waals surface area contributed by atoms with Gasteiger partial charge in [-0.3, -0.25) is 0 Å². The van der Waals surface area contributed by atoms with Crippen molar-refractivity contribution in [3.05, 3.63) is 22.4 Å². The van der Waals surface area contributed by atoms with E-state index in [1.54, 1.807) is 11.3 Å². The van der Waals surface area contributed by atoms with Gasteiger partial charge in [0, 0.05) is 24.0 Å². The summed E-state index contributed by atoms with van der Waals surface area (Å²) >= 11 is 1.62. The second-order valence-corrected chi connectivity index (χ2v) is 8.40. The highest BCUT2D eigenvalue weighted by Crippen LogP contribution is 2.19. The summed E-state index contributed by atoms with van der Waals surface area (Å²) in [6.45, 7) is 1.65. The lowest BCUT2D eigenvalue weighted by Gasteiger charge is -2.35. The minimum atomic E-state index is -3.17. The van der Waals surface area contributed by atoms with E-state index in [1.165, 1.54) is 0 Å². The molecule has 1 unspecified atom stereocenters. The molecule has 1 aliphatic heterocycles. The molecular weight excluding hydrogens is 322 g/mol. The maximum absolute atomic E-state index is 12.3. The number of nitrogens with zero attached hydrogens (tertiary/aromatic N) is 1. The third-order valence-electron chi connectivity index (χ3n) is 3.72. The van der Waals surface area contributed by atoms with Gasteiger partial charge in [-0.25, -0.2) is 17.9 Å². The van der Waals surface area contributed by atoms with Crippen molar-refractivity contribution < 1.29 is 13.2 Å². The number of piperidine rings is 1. The van der Waals surface area contributed by atoms with E-state index in [-0.39, 0.29) is 12.1 Å². The van der Waals surface area contributed by atoms with Crippen LogP contribution in [0.4, 0.5) is 4.79 Å². The van der Waals surface area contributed by atoms with Gasteiger partial charge in [-0.15, -0.1) is 11.3 Å². The third-order valence-corrected chi connectivity index (χ3v) is 5.33. The van der Waals surface area contributed by atoms with E-state index in [2.05, 4.69) is 10.0 Å². The first kappa shape index (κ1) is 17.2. The van der Waals surface area contributed by atoms with Gasteiger partial charge < -0.3 is 10.2 Å². The molecule has 1 fully saturated rings. The van der Waals surface area contributed by atoms with Gasteiger partial charge in [0.05, 0.1) is 12.8 Å². The zero-order valence-corrected chi connectivity index (χ0v) is 14.4. The van der Waals surface area contributed by atoms with Gasteiger partial charge in [-0.2, -0.15) is 0 Å². The molecule has 0 spiro atoms. The number of carbonyl (C=O) groups excluding carboxylic acids is 1. The Hall–Kier alpha value is -1.12. The Bertz CT molecular complexity index is 572. The van der Waals surface area contributed by atoms with E-state index in [0.29, 0.717) is 19.5 Å². The summed E-state index contributed by atoms with van der Waals surface area (Å²) in [5.74, 6) is 0. The van der Waals surface area contributed by atoms with Gasteiger partial charge in [0.15, 0.2) is 0 Å². The van der Waals surface area contributed by atoms with E-state index < -0.39 is 10.0 Å².